The highest BCUT2D eigenvalue weighted by Gasteiger charge is 2.26. The average Bonchev–Trinajstić information content (AvgIpc) is 3.45. The Balaban J connectivity index is 1.56. The standard InChI is InChI=1S/C35H27N5O/c36-24-30-31(25-16-18-28(19-17-25)39-20-22-41-23-21-39)32-34(27-12-6-2-7-13-27)38-40(29-14-8-3-9-15-29)35(32)37-33(30)26-10-4-1-5-11-26/h1-19H,20-23H2. The van der Waals surface area contributed by atoms with Crippen molar-refractivity contribution in [2.45, 2.75) is 0 Å². The van der Waals surface area contributed by atoms with Crippen molar-refractivity contribution in [1.29, 1.82) is 5.26 Å². The van der Waals surface area contributed by atoms with Crippen LogP contribution < -0.4 is 4.90 Å². The van der Waals surface area contributed by atoms with E-state index in [2.05, 4.69) is 47.4 Å². The Morgan fingerprint density at radius 3 is 1.83 bits per heavy atom. The van der Waals surface area contributed by atoms with Crippen molar-refractivity contribution in [2.75, 3.05) is 31.2 Å². The van der Waals surface area contributed by atoms with Crippen LogP contribution in [0.2, 0.25) is 0 Å². The maximum absolute atomic E-state index is 10.7. The molecule has 0 N–H and O–H groups in total. The first-order valence-corrected chi connectivity index (χ1v) is 13.8. The molecule has 41 heavy (non-hydrogen) atoms. The Hall–Kier alpha value is -5.25. The molecule has 6 aromatic rings. The summed E-state index contributed by atoms with van der Waals surface area (Å²) in [6, 6.07) is 41.1. The zero-order valence-electron chi connectivity index (χ0n) is 22.4. The summed E-state index contributed by atoms with van der Waals surface area (Å²) < 4.78 is 7.45. The molecule has 0 aliphatic carbocycles. The number of hydrogen-bond acceptors (Lipinski definition) is 5. The summed E-state index contributed by atoms with van der Waals surface area (Å²) in [5.41, 5.74) is 8.38. The van der Waals surface area contributed by atoms with E-state index in [1.54, 1.807) is 0 Å². The number of para-hydroxylation sites is 1. The van der Waals surface area contributed by atoms with Crippen molar-refractivity contribution < 1.29 is 4.74 Å². The van der Waals surface area contributed by atoms with Crippen LogP contribution in [0.15, 0.2) is 115 Å². The second-order valence-corrected chi connectivity index (χ2v) is 10.00. The molecular formula is C35H27N5O. The summed E-state index contributed by atoms with van der Waals surface area (Å²) in [4.78, 5) is 7.50. The van der Waals surface area contributed by atoms with Gasteiger partial charge in [0, 0.05) is 35.5 Å². The second kappa shape index (κ2) is 10.7. The van der Waals surface area contributed by atoms with E-state index >= 15 is 0 Å². The normalized spacial score (nSPS) is 13.3. The molecule has 6 heteroatoms. The first-order valence-electron chi connectivity index (χ1n) is 13.8. The number of morpholine rings is 1. The number of fused-ring (bicyclic) bond motifs is 1. The van der Waals surface area contributed by atoms with Crippen LogP contribution in [0.4, 0.5) is 5.69 Å². The molecule has 0 unspecified atom stereocenters. The molecule has 1 saturated heterocycles. The first kappa shape index (κ1) is 24.8. The number of nitrogens with zero attached hydrogens (tertiary/aromatic N) is 5. The molecule has 6 nitrogen and oxygen atoms in total. The van der Waals surface area contributed by atoms with E-state index in [1.165, 1.54) is 0 Å². The Bertz CT molecular complexity index is 1850. The predicted molar refractivity (Wildman–Crippen MR) is 163 cm³/mol. The van der Waals surface area contributed by atoms with E-state index in [0.717, 1.165) is 71.0 Å². The zero-order chi connectivity index (χ0) is 27.6. The van der Waals surface area contributed by atoms with Crippen LogP contribution >= 0.6 is 0 Å². The summed E-state index contributed by atoms with van der Waals surface area (Å²) in [6.45, 7) is 3.18. The van der Waals surface area contributed by atoms with Crippen LogP contribution in [0.3, 0.4) is 0 Å². The van der Waals surface area contributed by atoms with Gasteiger partial charge in [-0.1, -0.05) is 91.0 Å². The van der Waals surface area contributed by atoms with Gasteiger partial charge >= 0.3 is 0 Å². The lowest BCUT2D eigenvalue weighted by molar-refractivity contribution is 0.122. The van der Waals surface area contributed by atoms with Crippen molar-refractivity contribution in [2.24, 2.45) is 0 Å². The number of pyridine rings is 1. The number of aromatic nitrogens is 3. The van der Waals surface area contributed by atoms with Crippen LogP contribution in [0.25, 0.3) is 50.4 Å². The van der Waals surface area contributed by atoms with Gasteiger partial charge in [0.1, 0.15) is 11.8 Å². The maximum Gasteiger partial charge on any atom is 0.164 e. The van der Waals surface area contributed by atoms with Gasteiger partial charge in [-0.15, -0.1) is 0 Å². The summed E-state index contributed by atoms with van der Waals surface area (Å²) >= 11 is 0. The maximum atomic E-state index is 10.7. The average molecular weight is 534 g/mol. The first-order chi connectivity index (χ1) is 20.3. The van der Waals surface area contributed by atoms with Crippen LogP contribution in [-0.2, 0) is 4.74 Å². The Morgan fingerprint density at radius 2 is 1.22 bits per heavy atom. The van der Waals surface area contributed by atoms with Gasteiger partial charge in [-0.05, 0) is 29.8 Å². The SMILES string of the molecule is N#Cc1c(-c2ccccc2)nc2c(c(-c3ccccc3)nn2-c2ccccc2)c1-c1ccc(N2CCOCC2)cc1. The molecule has 0 radical (unpaired) electrons. The lowest BCUT2D eigenvalue weighted by Crippen LogP contribution is -2.36. The fourth-order valence-electron chi connectivity index (χ4n) is 5.56. The number of nitriles is 1. The zero-order valence-corrected chi connectivity index (χ0v) is 22.4. The molecule has 4 aromatic carbocycles. The van der Waals surface area contributed by atoms with Crippen molar-refractivity contribution in [3.8, 4) is 45.4 Å². The van der Waals surface area contributed by atoms with Crippen molar-refractivity contribution in [3.05, 3.63) is 121 Å². The second-order valence-electron chi connectivity index (χ2n) is 10.00. The third-order valence-electron chi connectivity index (χ3n) is 7.55. The van der Waals surface area contributed by atoms with Crippen LogP contribution in [0, 0.1) is 11.3 Å². The highest BCUT2D eigenvalue weighted by Crippen LogP contribution is 2.42. The summed E-state index contributed by atoms with van der Waals surface area (Å²) in [6.07, 6.45) is 0. The van der Waals surface area contributed by atoms with Crippen molar-refractivity contribution in [1.82, 2.24) is 14.8 Å². The third-order valence-corrected chi connectivity index (χ3v) is 7.55. The Morgan fingerprint density at radius 1 is 0.634 bits per heavy atom. The van der Waals surface area contributed by atoms with Gasteiger partial charge in [0.05, 0.1) is 35.5 Å². The van der Waals surface area contributed by atoms with Gasteiger partial charge in [-0.2, -0.15) is 10.4 Å². The third kappa shape index (κ3) is 4.53. The molecule has 1 aliphatic rings. The van der Waals surface area contributed by atoms with Crippen LogP contribution in [0.5, 0.6) is 0 Å². The summed E-state index contributed by atoms with van der Waals surface area (Å²) in [5, 5.41) is 16.7. The predicted octanol–water partition coefficient (Wildman–Crippen LogP) is 7.13. The molecular weight excluding hydrogens is 506 g/mol. The van der Waals surface area contributed by atoms with Crippen LogP contribution in [0.1, 0.15) is 5.56 Å². The molecule has 1 aliphatic heterocycles. The van der Waals surface area contributed by atoms with Crippen molar-refractivity contribution >= 4 is 16.7 Å². The molecule has 198 valence electrons. The lowest BCUT2D eigenvalue weighted by atomic mass is 9.92. The number of hydrogen-bond donors (Lipinski definition) is 0. The summed E-state index contributed by atoms with van der Waals surface area (Å²) in [7, 11) is 0. The number of ether oxygens (including phenoxy) is 1. The largest absolute Gasteiger partial charge is 0.378 e. The number of anilines is 1. The number of benzene rings is 4. The van der Waals surface area contributed by atoms with E-state index in [9.17, 15) is 5.26 Å². The molecule has 0 spiro atoms. The van der Waals surface area contributed by atoms with E-state index in [0.29, 0.717) is 16.9 Å². The lowest BCUT2D eigenvalue weighted by Gasteiger charge is -2.29. The fraction of sp³-hybridized carbons (Fsp3) is 0.114. The van der Waals surface area contributed by atoms with Gasteiger partial charge in [0.15, 0.2) is 5.65 Å². The van der Waals surface area contributed by atoms with Gasteiger partial charge in [0.25, 0.3) is 0 Å². The Labute approximate surface area is 238 Å². The molecule has 0 saturated carbocycles. The number of rotatable bonds is 5. The van der Waals surface area contributed by atoms with Crippen LogP contribution in [-0.4, -0.2) is 41.1 Å². The molecule has 0 bridgehead atoms. The molecule has 7 rings (SSSR count). The highest BCUT2D eigenvalue weighted by molar-refractivity contribution is 6.07. The van der Waals surface area contributed by atoms with E-state index in [1.807, 2.05) is 83.5 Å². The smallest absolute Gasteiger partial charge is 0.164 e. The monoisotopic (exact) mass is 533 g/mol. The molecule has 1 fully saturated rings. The van der Waals surface area contributed by atoms with Gasteiger partial charge in [-0.25, -0.2) is 9.67 Å². The van der Waals surface area contributed by atoms with Gasteiger partial charge in [-0.3, -0.25) is 0 Å². The molecule has 2 aromatic heterocycles. The summed E-state index contributed by atoms with van der Waals surface area (Å²) in [5.74, 6) is 0. The highest BCUT2D eigenvalue weighted by atomic mass is 16.5. The van der Waals surface area contributed by atoms with E-state index < -0.39 is 0 Å². The topological polar surface area (TPSA) is 67.0 Å². The minimum atomic E-state index is 0.535. The Kier molecular flexibility index (Phi) is 6.48. The van der Waals surface area contributed by atoms with E-state index in [-0.39, 0.29) is 0 Å². The molecule has 3 heterocycles. The van der Waals surface area contributed by atoms with E-state index in [4.69, 9.17) is 14.8 Å². The molecule has 0 atom stereocenters. The van der Waals surface area contributed by atoms with Crippen molar-refractivity contribution in [3.63, 3.8) is 0 Å². The minimum Gasteiger partial charge on any atom is -0.378 e. The van der Waals surface area contributed by atoms with Gasteiger partial charge < -0.3 is 9.64 Å². The fourth-order valence-corrected chi connectivity index (χ4v) is 5.56. The minimum absolute atomic E-state index is 0.535. The van der Waals surface area contributed by atoms with Gasteiger partial charge in [0.2, 0.25) is 0 Å². The quantitative estimate of drug-likeness (QED) is 0.236. The molecule has 0 amide bonds.